The summed E-state index contributed by atoms with van der Waals surface area (Å²) in [6.45, 7) is 1.52. The van der Waals surface area contributed by atoms with E-state index in [1.54, 1.807) is 22.8 Å². The van der Waals surface area contributed by atoms with E-state index in [1.807, 2.05) is 30.3 Å². The van der Waals surface area contributed by atoms with Gasteiger partial charge in [0.2, 0.25) is 0 Å². The molecule has 0 fully saturated rings. The number of Topliss-reactive ketones (excluding diaryl/α,β-unsaturated/α-hetero) is 1. The lowest BCUT2D eigenvalue weighted by Crippen LogP contribution is -2.02. The molecule has 0 saturated carbocycles. The molecule has 0 unspecified atom stereocenters. The van der Waals surface area contributed by atoms with Crippen molar-refractivity contribution < 1.29 is 9.18 Å². The topological polar surface area (TPSA) is 47.8 Å². The molecule has 1 aromatic heterocycles. The lowest BCUT2D eigenvalue weighted by molar-refractivity contribution is -0.114. The van der Waals surface area contributed by atoms with Gasteiger partial charge in [0, 0.05) is 5.69 Å². The van der Waals surface area contributed by atoms with Crippen LogP contribution in [0.25, 0.3) is 17.1 Å². The molecule has 3 rings (SSSR count). The van der Waals surface area contributed by atoms with Gasteiger partial charge < -0.3 is 0 Å². The Kier molecular flexibility index (Phi) is 4.52. The van der Waals surface area contributed by atoms with Crippen LogP contribution in [0.4, 0.5) is 4.39 Å². The van der Waals surface area contributed by atoms with Gasteiger partial charge in [0.1, 0.15) is 11.6 Å². The average molecular weight is 327 g/mol. The Hall–Kier alpha value is -2.47. The Morgan fingerprint density at radius 2 is 1.78 bits per heavy atom. The van der Waals surface area contributed by atoms with Crippen molar-refractivity contribution in [2.75, 3.05) is 5.75 Å². The van der Waals surface area contributed by atoms with Crippen LogP contribution in [0, 0.1) is 5.82 Å². The van der Waals surface area contributed by atoms with E-state index in [0.717, 1.165) is 5.69 Å². The molecule has 0 N–H and O–H groups in total. The minimum atomic E-state index is -0.361. The first-order valence-electron chi connectivity index (χ1n) is 7.05. The molecule has 0 radical (unpaired) electrons. The summed E-state index contributed by atoms with van der Waals surface area (Å²) < 4.78 is 15.9. The number of carbonyl (C=O) groups is 1. The highest BCUT2D eigenvalue weighted by Gasteiger charge is 2.18. The summed E-state index contributed by atoms with van der Waals surface area (Å²) >= 11 is 1.29. The molecule has 116 valence electrons. The van der Waals surface area contributed by atoms with Gasteiger partial charge in [-0.3, -0.25) is 9.36 Å². The Balaban J connectivity index is 2.14. The van der Waals surface area contributed by atoms with E-state index in [-0.39, 0.29) is 11.6 Å². The van der Waals surface area contributed by atoms with Gasteiger partial charge in [0.05, 0.1) is 11.3 Å². The third-order valence-corrected chi connectivity index (χ3v) is 4.24. The first-order chi connectivity index (χ1) is 11.2. The van der Waals surface area contributed by atoms with Gasteiger partial charge in [-0.1, -0.05) is 42.1 Å². The smallest absolute Gasteiger partial charge is 0.196 e. The highest BCUT2D eigenvalue weighted by molar-refractivity contribution is 7.99. The molecule has 23 heavy (non-hydrogen) atoms. The summed E-state index contributed by atoms with van der Waals surface area (Å²) in [5, 5.41) is 8.84. The number of thioether (sulfide) groups is 1. The average Bonchev–Trinajstić information content (AvgIpc) is 2.98. The fourth-order valence-corrected chi connectivity index (χ4v) is 2.91. The molecule has 0 aliphatic heterocycles. The molecule has 0 spiro atoms. The number of halogens is 1. The SMILES string of the molecule is CC(=O)CSc1nnc(-c2ccccc2F)n1-c1ccccc1. The maximum Gasteiger partial charge on any atom is 0.196 e. The van der Waals surface area contributed by atoms with Gasteiger partial charge in [-0.05, 0) is 31.2 Å². The van der Waals surface area contributed by atoms with Crippen LogP contribution >= 0.6 is 11.8 Å². The van der Waals surface area contributed by atoms with Gasteiger partial charge >= 0.3 is 0 Å². The van der Waals surface area contributed by atoms with Crippen LogP contribution in [0.2, 0.25) is 0 Å². The molecule has 0 bridgehead atoms. The van der Waals surface area contributed by atoms with Gasteiger partial charge in [0.25, 0.3) is 0 Å². The second-order valence-electron chi connectivity index (χ2n) is 4.95. The first-order valence-corrected chi connectivity index (χ1v) is 8.03. The summed E-state index contributed by atoms with van der Waals surface area (Å²) in [5.74, 6) is 0.396. The van der Waals surface area contributed by atoms with Crippen LogP contribution < -0.4 is 0 Å². The number of nitrogens with zero attached hydrogens (tertiary/aromatic N) is 3. The molecular weight excluding hydrogens is 313 g/mol. The molecule has 0 aliphatic carbocycles. The van der Waals surface area contributed by atoms with Gasteiger partial charge in [0.15, 0.2) is 11.0 Å². The highest BCUT2D eigenvalue weighted by atomic mass is 32.2. The Bertz CT molecular complexity index is 833. The third-order valence-electron chi connectivity index (χ3n) is 3.17. The normalized spacial score (nSPS) is 10.7. The molecular formula is C17H14FN3OS. The van der Waals surface area contributed by atoms with E-state index in [1.165, 1.54) is 24.8 Å². The summed E-state index contributed by atoms with van der Waals surface area (Å²) in [6, 6.07) is 15.9. The first kappa shape index (κ1) is 15.4. The third kappa shape index (κ3) is 3.32. The summed E-state index contributed by atoms with van der Waals surface area (Å²) in [5.41, 5.74) is 1.19. The number of benzene rings is 2. The van der Waals surface area contributed by atoms with Gasteiger partial charge in [-0.25, -0.2) is 4.39 Å². The monoisotopic (exact) mass is 327 g/mol. The summed E-state index contributed by atoms with van der Waals surface area (Å²) in [6.07, 6.45) is 0. The van der Waals surface area contributed by atoms with Crippen molar-refractivity contribution in [2.24, 2.45) is 0 Å². The van der Waals surface area contributed by atoms with E-state index in [0.29, 0.717) is 22.3 Å². The summed E-state index contributed by atoms with van der Waals surface area (Å²) in [4.78, 5) is 11.3. The lowest BCUT2D eigenvalue weighted by Gasteiger charge is -2.10. The minimum absolute atomic E-state index is 0.0463. The number of ketones is 1. The van der Waals surface area contributed by atoms with Crippen LogP contribution in [0.1, 0.15) is 6.92 Å². The minimum Gasteiger partial charge on any atom is -0.299 e. The van der Waals surface area contributed by atoms with Crippen LogP contribution in [0.3, 0.4) is 0 Å². The Labute approximate surface area is 137 Å². The number of rotatable bonds is 5. The van der Waals surface area contributed by atoms with Crippen molar-refractivity contribution in [1.82, 2.24) is 14.8 Å². The number of hydrogen-bond acceptors (Lipinski definition) is 4. The van der Waals surface area contributed by atoms with E-state index in [2.05, 4.69) is 10.2 Å². The second kappa shape index (κ2) is 6.75. The predicted octanol–water partition coefficient (Wildman–Crippen LogP) is 3.75. The zero-order chi connectivity index (χ0) is 16.2. The fraction of sp³-hybridized carbons (Fsp3) is 0.118. The number of para-hydroxylation sites is 1. The highest BCUT2D eigenvalue weighted by Crippen LogP contribution is 2.29. The summed E-state index contributed by atoms with van der Waals surface area (Å²) in [7, 11) is 0. The zero-order valence-electron chi connectivity index (χ0n) is 12.4. The van der Waals surface area contributed by atoms with Crippen LogP contribution in [0.15, 0.2) is 59.8 Å². The van der Waals surface area contributed by atoms with Crippen molar-refractivity contribution in [3.8, 4) is 17.1 Å². The van der Waals surface area contributed by atoms with Crippen molar-refractivity contribution in [1.29, 1.82) is 0 Å². The van der Waals surface area contributed by atoms with Crippen molar-refractivity contribution in [2.45, 2.75) is 12.1 Å². The fourth-order valence-electron chi connectivity index (χ4n) is 2.16. The lowest BCUT2D eigenvalue weighted by atomic mass is 10.2. The molecule has 4 nitrogen and oxygen atoms in total. The maximum atomic E-state index is 14.2. The number of aromatic nitrogens is 3. The van der Waals surface area contributed by atoms with E-state index >= 15 is 0 Å². The van der Waals surface area contributed by atoms with E-state index in [9.17, 15) is 9.18 Å². The Morgan fingerprint density at radius 1 is 1.09 bits per heavy atom. The number of hydrogen-bond donors (Lipinski definition) is 0. The van der Waals surface area contributed by atoms with Gasteiger partial charge in [-0.2, -0.15) is 0 Å². The maximum absolute atomic E-state index is 14.2. The van der Waals surface area contributed by atoms with Crippen LogP contribution in [-0.2, 0) is 4.79 Å². The van der Waals surface area contributed by atoms with E-state index in [4.69, 9.17) is 0 Å². The molecule has 3 aromatic rings. The molecule has 0 saturated heterocycles. The zero-order valence-corrected chi connectivity index (χ0v) is 13.3. The van der Waals surface area contributed by atoms with Crippen LogP contribution in [0.5, 0.6) is 0 Å². The largest absolute Gasteiger partial charge is 0.299 e. The van der Waals surface area contributed by atoms with Crippen molar-refractivity contribution in [3.05, 3.63) is 60.4 Å². The molecule has 0 atom stereocenters. The molecule has 6 heteroatoms. The Morgan fingerprint density at radius 3 is 2.48 bits per heavy atom. The molecule has 2 aromatic carbocycles. The van der Waals surface area contributed by atoms with Crippen molar-refractivity contribution in [3.63, 3.8) is 0 Å². The molecule has 0 amide bonds. The van der Waals surface area contributed by atoms with Gasteiger partial charge in [-0.15, -0.1) is 10.2 Å². The second-order valence-corrected chi connectivity index (χ2v) is 5.89. The molecule has 0 aliphatic rings. The predicted molar refractivity (Wildman–Crippen MR) is 88.2 cm³/mol. The number of carbonyl (C=O) groups excluding carboxylic acids is 1. The standard InChI is InChI=1S/C17H14FN3OS/c1-12(22)11-23-17-20-19-16(14-9-5-6-10-15(14)18)21(17)13-7-3-2-4-8-13/h2-10H,11H2,1H3. The van der Waals surface area contributed by atoms with E-state index < -0.39 is 0 Å². The quantitative estimate of drug-likeness (QED) is 0.670. The van der Waals surface area contributed by atoms with Crippen LogP contribution in [-0.4, -0.2) is 26.3 Å². The molecule has 1 heterocycles. The van der Waals surface area contributed by atoms with Crippen molar-refractivity contribution >= 4 is 17.5 Å².